The van der Waals surface area contributed by atoms with Gasteiger partial charge in [-0.15, -0.1) is 0 Å². The summed E-state index contributed by atoms with van der Waals surface area (Å²) in [6.07, 6.45) is -2.10. The Morgan fingerprint density at radius 1 is 1.35 bits per heavy atom. The highest BCUT2D eigenvalue weighted by Crippen LogP contribution is 2.22. The van der Waals surface area contributed by atoms with E-state index in [1.54, 1.807) is 30.3 Å². The number of hydrogen-bond donors (Lipinski definition) is 1. The smallest absolute Gasteiger partial charge is 0.338 e. The van der Waals surface area contributed by atoms with Gasteiger partial charge in [0.1, 0.15) is 18.8 Å². The number of benzene rings is 1. The van der Waals surface area contributed by atoms with Crippen molar-refractivity contribution in [3.05, 3.63) is 35.9 Å². The first-order valence-corrected chi connectivity index (χ1v) is 6.29. The quantitative estimate of drug-likeness (QED) is 0.825. The highest BCUT2D eigenvalue weighted by Gasteiger charge is 2.37. The highest BCUT2D eigenvalue weighted by atomic mass is 16.7. The zero-order valence-corrected chi connectivity index (χ0v) is 11.0. The Morgan fingerprint density at radius 3 is 2.70 bits per heavy atom. The second kappa shape index (κ2) is 6.49. The molecule has 1 aromatic rings. The van der Waals surface area contributed by atoms with Gasteiger partial charge in [-0.3, -0.25) is 4.79 Å². The maximum absolute atomic E-state index is 11.8. The third-order valence-electron chi connectivity index (χ3n) is 2.89. The number of ether oxygens (including phenoxy) is 3. The Bertz CT molecular complexity index is 472. The van der Waals surface area contributed by atoms with Gasteiger partial charge in [0.05, 0.1) is 5.56 Å². The zero-order valence-electron chi connectivity index (χ0n) is 11.0. The van der Waals surface area contributed by atoms with Crippen molar-refractivity contribution in [2.24, 2.45) is 0 Å². The third kappa shape index (κ3) is 3.79. The van der Waals surface area contributed by atoms with Crippen LogP contribution in [0.4, 0.5) is 0 Å². The molecule has 1 fully saturated rings. The molecule has 1 aromatic carbocycles. The summed E-state index contributed by atoms with van der Waals surface area (Å²) < 4.78 is 15.3. The molecule has 1 saturated heterocycles. The summed E-state index contributed by atoms with van der Waals surface area (Å²) in [7, 11) is 0. The van der Waals surface area contributed by atoms with Gasteiger partial charge in [-0.2, -0.15) is 0 Å². The maximum Gasteiger partial charge on any atom is 0.338 e. The molecule has 3 unspecified atom stereocenters. The molecule has 0 aliphatic carbocycles. The first kappa shape index (κ1) is 14.5. The topological polar surface area (TPSA) is 82.1 Å². The van der Waals surface area contributed by atoms with Gasteiger partial charge in [0, 0.05) is 13.3 Å². The lowest BCUT2D eigenvalue weighted by Crippen LogP contribution is -2.31. The van der Waals surface area contributed by atoms with Crippen molar-refractivity contribution in [1.82, 2.24) is 0 Å². The van der Waals surface area contributed by atoms with E-state index < -0.39 is 30.4 Å². The average Bonchev–Trinajstić information content (AvgIpc) is 2.76. The molecule has 1 heterocycles. The van der Waals surface area contributed by atoms with E-state index >= 15 is 0 Å². The maximum atomic E-state index is 11.8. The summed E-state index contributed by atoms with van der Waals surface area (Å²) in [5.41, 5.74) is 0.426. The molecule has 0 amide bonds. The van der Waals surface area contributed by atoms with Gasteiger partial charge in [-0.25, -0.2) is 4.79 Å². The van der Waals surface area contributed by atoms with Crippen LogP contribution in [-0.4, -0.2) is 42.1 Å². The Hall–Kier alpha value is -1.92. The molecule has 20 heavy (non-hydrogen) atoms. The molecule has 0 spiro atoms. The van der Waals surface area contributed by atoms with E-state index in [4.69, 9.17) is 14.2 Å². The van der Waals surface area contributed by atoms with Gasteiger partial charge >= 0.3 is 11.9 Å². The largest absolute Gasteiger partial charge is 0.459 e. The molecule has 0 bridgehead atoms. The SMILES string of the molecule is CC(=O)OC1CC(O)OC1COC(=O)c1ccccc1. The summed E-state index contributed by atoms with van der Waals surface area (Å²) in [5, 5.41) is 9.41. The van der Waals surface area contributed by atoms with Gasteiger partial charge in [0.15, 0.2) is 6.29 Å². The van der Waals surface area contributed by atoms with Crippen LogP contribution in [0.25, 0.3) is 0 Å². The van der Waals surface area contributed by atoms with Crippen LogP contribution >= 0.6 is 0 Å². The van der Waals surface area contributed by atoms with E-state index in [0.717, 1.165) is 0 Å². The molecule has 1 aliphatic rings. The molecule has 1 N–H and O–H groups in total. The van der Waals surface area contributed by atoms with Crippen molar-refractivity contribution in [2.75, 3.05) is 6.61 Å². The van der Waals surface area contributed by atoms with Crippen molar-refractivity contribution in [3.63, 3.8) is 0 Å². The Labute approximate surface area is 116 Å². The Morgan fingerprint density at radius 2 is 2.05 bits per heavy atom. The van der Waals surface area contributed by atoms with Crippen LogP contribution in [0, 0.1) is 0 Å². The van der Waals surface area contributed by atoms with Crippen molar-refractivity contribution < 1.29 is 28.9 Å². The Kier molecular flexibility index (Phi) is 4.70. The van der Waals surface area contributed by atoms with Crippen LogP contribution in [0.15, 0.2) is 30.3 Å². The standard InChI is InChI=1S/C14H16O6/c1-9(15)19-11-7-13(16)20-12(11)8-18-14(17)10-5-3-2-4-6-10/h2-6,11-13,16H,7-8H2,1H3. The van der Waals surface area contributed by atoms with E-state index in [2.05, 4.69) is 0 Å². The van der Waals surface area contributed by atoms with Gasteiger partial charge in [0.2, 0.25) is 0 Å². The summed E-state index contributed by atoms with van der Waals surface area (Å²) in [6, 6.07) is 8.53. The van der Waals surface area contributed by atoms with Gasteiger partial charge in [0.25, 0.3) is 0 Å². The second-order valence-electron chi connectivity index (χ2n) is 4.48. The fourth-order valence-corrected chi connectivity index (χ4v) is 1.99. The van der Waals surface area contributed by atoms with Crippen LogP contribution in [0.1, 0.15) is 23.7 Å². The lowest BCUT2D eigenvalue weighted by atomic mass is 10.2. The summed E-state index contributed by atoms with van der Waals surface area (Å²) in [4.78, 5) is 22.7. The monoisotopic (exact) mass is 280 g/mol. The van der Waals surface area contributed by atoms with Crippen molar-refractivity contribution in [2.45, 2.75) is 31.8 Å². The predicted octanol–water partition coefficient (Wildman–Crippen LogP) is 0.882. The van der Waals surface area contributed by atoms with E-state index in [0.29, 0.717) is 5.56 Å². The Balaban J connectivity index is 1.89. The molecule has 0 saturated carbocycles. The number of aliphatic hydroxyl groups is 1. The average molecular weight is 280 g/mol. The van der Waals surface area contributed by atoms with E-state index in [1.165, 1.54) is 6.92 Å². The number of carbonyl (C=O) groups is 2. The summed E-state index contributed by atoms with van der Waals surface area (Å²) >= 11 is 0. The van der Waals surface area contributed by atoms with Crippen molar-refractivity contribution in [3.8, 4) is 0 Å². The molecule has 2 rings (SSSR count). The van der Waals surface area contributed by atoms with Crippen LogP contribution in [0.5, 0.6) is 0 Å². The predicted molar refractivity (Wildman–Crippen MR) is 67.8 cm³/mol. The molecule has 3 atom stereocenters. The lowest BCUT2D eigenvalue weighted by Gasteiger charge is -2.17. The number of rotatable bonds is 4. The molecule has 108 valence electrons. The number of hydrogen-bond acceptors (Lipinski definition) is 6. The molecule has 1 aliphatic heterocycles. The molecule has 0 aromatic heterocycles. The first-order valence-electron chi connectivity index (χ1n) is 6.29. The van der Waals surface area contributed by atoms with Crippen molar-refractivity contribution in [1.29, 1.82) is 0 Å². The number of aliphatic hydroxyl groups excluding tert-OH is 1. The lowest BCUT2D eigenvalue weighted by molar-refractivity contribution is -0.151. The van der Waals surface area contributed by atoms with Gasteiger partial charge < -0.3 is 19.3 Å². The van der Waals surface area contributed by atoms with Crippen molar-refractivity contribution >= 4 is 11.9 Å². The zero-order chi connectivity index (χ0) is 14.5. The number of carbonyl (C=O) groups excluding carboxylic acids is 2. The van der Waals surface area contributed by atoms with E-state index in [9.17, 15) is 14.7 Å². The minimum absolute atomic E-state index is 0.0806. The molecule has 6 nitrogen and oxygen atoms in total. The summed E-state index contributed by atoms with van der Waals surface area (Å²) in [6.45, 7) is 1.19. The van der Waals surface area contributed by atoms with Crippen LogP contribution in [-0.2, 0) is 19.0 Å². The molecular weight excluding hydrogens is 264 g/mol. The normalized spacial score (nSPS) is 25.2. The van der Waals surface area contributed by atoms with Gasteiger partial charge in [-0.1, -0.05) is 18.2 Å². The minimum atomic E-state index is -1.01. The van der Waals surface area contributed by atoms with E-state index in [1.807, 2.05) is 0 Å². The second-order valence-corrected chi connectivity index (χ2v) is 4.48. The third-order valence-corrected chi connectivity index (χ3v) is 2.89. The van der Waals surface area contributed by atoms with Crippen LogP contribution < -0.4 is 0 Å². The fraction of sp³-hybridized carbons (Fsp3) is 0.429. The number of esters is 2. The summed E-state index contributed by atoms with van der Waals surface area (Å²) in [5.74, 6) is -0.954. The first-order chi connectivity index (χ1) is 9.56. The van der Waals surface area contributed by atoms with Gasteiger partial charge in [-0.05, 0) is 12.1 Å². The van der Waals surface area contributed by atoms with E-state index in [-0.39, 0.29) is 13.0 Å². The fourth-order valence-electron chi connectivity index (χ4n) is 1.99. The minimum Gasteiger partial charge on any atom is -0.459 e. The molecular formula is C14H16O6. The van der Waals surface area contributed by atoms with Crippen LogP contribution in [0.3, 0.4) is 0 Å². The highest BCUT2D eigenvalue weighted by molar-refractivity contribution is 5.89. The van der Waals surface area contributed by atoms with Crippen LogP contribution in [0.2, 0.25) is 0 Å². The molecule has 6 heteroatoms. The molecule has 0 radical (unpaired) electrons.